The van der Waals surface area contributed by atoms with Crippen LogP contribution in [0, 0.1) is 0 Å². The molecule has 1 heterocycles. The Morgan fingerprint density at radius 3 is 2.56 bits per heavy atom. The zero-order valence-corrected chi connectivity index (χ0v) is 11.0. The van der Waals surface area contributed by atoms with Gasteiger partial charge in [-0.25, -0.2) is 4.79 Å². The molecule has 0 aliphatic carbocycles. The lowest BCUT2D eigenvalue weighted by Crippen LogP contribution is -2.44. The molecule has 0 aromatic heterocycles. The largest absolute Gasteiger partial charge is 0.444 e. The van der Waals surface area contributed by atoms with E-state index in [1.165, 1.54) is 0 Å². The molecule has 0 bridgehead atoms. The zero-order chi connectivity index (χ0) is 12.4. The molecule has 0 unspecified atom stereocenters. The van der Waals surface area contributed by atoms with Gasteiger partial charge in [0, 0.05) is 13.2 Å². The third-order valence-corrected chi connectivity index (χ3v) is 2.29. The highest BCUT2D eigenvalue weighted by Crippen LogP contribution is 2.18. The van der Waals surface area contributed by atoms with E-state index in [1.807, 2.05) is 34.6 Å². The van der Waals surface area contributed by atoms with Gasteiger partial charge in [0.25, 0.3) is 0 Å². The molecule has 1 aliphatic rings. The third kappa shape index (κ3) is 4.39. The van der Waals surface area contributed by atoms with Gasteiger partial charge in [-0.15, -0.1) is 0 Å². The van der Waals surface area contributed by atoms with Crippen LogP contribution in [0.5, 0.6) is 0 Å². The average Bonchev–Trinajstić information content (AvgIpc) is 2.23. The molecule has 0 spiro atoms. The summed E-state index contributed by atoms with van der Waals surface area (Å²) in [4.78, 5) is 13.6. The molecule has 94 valence electrons. The summed E-state index contributed by atoms with van der Waals surface area (Å²) in [5, 5.41) is 0. The van der Waals surface area contributed by atoms with Crippen LogP contribution >= 0.6 is 0 Å². The summed E-state index contributed by atoms with van der Waals surface area (Å²) in [5.74, 6) is 0. The summed E-state index contributed by atoms with van der Waals surface area (Å²) in [5.41, 5.74) is -0.720. The van der Waals surface area contributed by atoms with Gasteiger partial charge in [-0.1, -0.05) is 0 Å². The Bertz CT molecular complexity index is 255. The Labute approximate surface area is 97.9 Å². The summed E-state index contributed by atoms with van der Waals surface area (Å²) in [6.45, 7) is 11.6. The Morgan fingerprint density at radius 2 is 2.00 bits per heavy atom. The van der Waals surface area contributed by atoms with Gasteiger partial charge in [0.1, 0.15) is 5.60 Å². The van der Waals surface area contributed by atoms with Gasteiger partial charge in [-0.05, 0) is 41.0 Å². The molecule has 1 aliphatic heterocycles. The van der Waals surface area contributed by atoms with Gasteiger partial charge in [-0.2, -0.15) is 0 Å². The Hall–Kier alpha value is -0.770. The van der Waals surface area contributed by atoms with E-state index in [4.69, 9.17) is 9.47 Å². The Morgan fingerprint density at radius 1 is 1.38 bits per heavy atom. The number of carbonyl (C=O) groups is 1. The van der Waals surface area contributed by atoms with Crippen LogP contribution in [0.25, 0.3) is 0 Å². The molecule has 4 heteroatoms. The van der Waals surface area contributed by atoms with E-state index in [2.05, 4.69) is 0 Å². The lowest BCUT2D eigenvalue weighted by Gasteiger charge is -2.31. The van der Waals surface area contributed by atoms with Crippen molar-refractivity contribution in [2.24, 2.45) is 0 Å². The van der Waals surface area contributed by atoms with Crippen molar-refractivity contribution in [2.75, 3.05) is 19.7 Å². The highest BCUT2D eigenvalue weighted by molar-refractivity contribution is 5.68. The van der Waals surface area contributed by atoms with Crippen molar-refractivity contribution in [3.63, 3.8) is 0 Å². The summed E-state index contributed by atoms with van der Waals surface area (Å²) in [6.07, 6.45) is 0.619. The van der Waals surface area contributed by atoms with Gasteiger partial charge in [0.05, 0.1) is 12.1 Å². The van der Waals surface area contributed by atoms with Gasteiger partial charge >= 0.3 is 6.09 Å². The number of carbonyl (C=O) groups excluding carboxylic acids is 1. The first-order valence-corrected chi connectivity index (χ1v) is 5.81. The minimum Gasteiger partial charge on any atom is -0.444 e. The summed E-state index contributed by atoms with van der Waals surface area (Å²) >= 11 is 0. The maximum Gasteiger partial charge on any atom is 0.410 e. The lowest BCUT2D eigenvalue weighted by atomic mass is 10.1. The fourth-order valence-electron chi connectivity index (χ4n) is 1.67. The van der Waals surface area contributed by atoms with Crippen LogP contribution in [0.4, 0.5) is 4.79 Å². The average molecular weight is 229 g/mol. The molecule has 0 atom stereocenters. The van der Waals surface area contributed by atoms with E-state index in [1.54, 1.807) is 4.90 Å². The molecule has 1 rings (SSSR count). The van der Waals surface area contributed by atoms with E-state index in [-0.39, 0.29) is 11.7 Å². The van der Waals surface area contributed by atoms with E-state index in [0.29, 0.717) is 19.7 Å². The first-order chi connectivity index (χ1) is 7.20. The van der Waals surface area contributed by atoms with E-state index in [9.17, 15) is 4.79 Å². The van der Waals surface area contributed by atoms with Crippen molar-refractivity contribution in [3.8, 4) is 0 Å². The second kappa shape index (κ2) is 4.62. The molecule has 0 saturated carbocycles. The molecule has 1 fully saturated rings. The van der Waals surface area contributed by atoms with E-state index < -0.39 is 5.60 Å². The molecule has 0 radical (unpaired) electrons. The smallest absolute Gasteiger partial charge is 0.410 e. The fraction of sp³-hybridized carbons (Fsp3) is 0.917. The van der Waals surface area contributed by atoms with Crippen molar-refractivity contribution in [1.82, 2.24) is 4.90 Å². The van der Waals surface area contributed by atoms with Crippen LogP contribution in [0.1, 0.15) is 41.0 Å². The molecule has 1 saturated heterocycles. The van der Waals surface area contributed by atoms with Gasteiger partial charge in [0.2, 0.25) is 0 Å². The monoisotopic (exact) mass is 229 g/mol. The van der Waals surface area contributed by atoms with Crippen LogP contribution in [0.3, 0.4) is 0 Å². The van der Waals surface area contributed by atoms with Crippen molar-refractivity contribution < 1.29 is 14.3 Å². The number of nitrogens with zero attached hydrogens (tertiary/aromatic N) is 1. The lowest BCUT2D eigenvalue weighted by molar-refractivity contribution is -0.0249. The standard InChI is InChI=1S/C12H23NO3/c1-11(2,3)16-10(14)13-7-6-8-15-12(4,5)9-13/h6-9H2,1-5H3. The minimum atomic E-state index is -0.436. The number of amides is 1. The molecular weight excluding hydrogens is 206 g/mol. The normalized spacial score (nSPS) is 21.4. The van der Waals surface area contributed by atoms with Crippen molar-refractivity contribution in [2.45, 2.75) is 52.2 Å². The van der Waals surface area contributed by atoms with Gasteiger partial charge in [0.15, 0.2) is 0 Å². The summed E-state index contributed by atoms with van der Waals surface area (Å²) in [7, 11) is 0. The third-order valence-electron chi connectivity index (χ3n) is 2.29. The first kappa shape index (κ1) is 13.3. The first-order valence-electron chi connectivity index (χ1n) is 5.81. The predicted octanol–water partition coefficient (Wildman–Crippen LogP) is 2.42. The number of rotatable bonds is 0. The van der Waals surface area contributed by atoms with Crippen molar-refractivity contribution in [1.29, 1.82) is 0 Å². The second-order valence-corrected chi connectivity index (χ2v) is 5.86. The van der Waals surface area contributed by atoms with Gasteiger partial charge in [-0.3, -0.25) is 0 Å². The number of hydrogen-bond donors (Lipinski definition) is 0. The SMILES string of the molecule is CC(C)(C)OC(=O)N1CCCOC(C)(C)C1. The Balaban J connectivity index is 2.61. The molecule has 0 aromatic rings. The Kier molecular flexibility index (Phi) is 3.84. The van der Waals surface area contributed by atoms with Crippen LogP contribution in [-0.4, -0.2) is 41.9 Å². The molecule has 1 amide bonds. The highest BCUT2D eigenvalue weighted by Gasteiger charge is 2.30. The minimum absolute atomic E-state index is 0.244. The molecule has 4 nitrogen and oxygen atoms in total. The van der Waals surface area contributed by atoms with Gasteiger partial charge < -0.3 is 14.4 Å². The van der Waals surface area contributed by atoms with Crippen molar-refractivity contribution >= 4 is 6.09 Å². The number of ether oxygens (including phenoxy) is 2. The highest BCUT2D eigenvalue weighted by atomic mass is 16.6. The molecule has 16 heavy (non-hydrogen) atoms. The van der Waals surface area contributed by atoms with E-state index >= 15 is 0 Å². The van der Waals surface area contributed by atoms with Crippen LogP contribution in [0.15, 0.2) is 0 Å². The number of hydrogen-bond acceptors (Lipinski definition) is 3. The zero-order valence-electron chi connectivity index (χ0n) is 11.0. The fourth-order valence-corrected chi connectivity index (χ4v) is 1.67. The topological polar surface area (TPSA) is 38.8 Å². The molecular formula is C12H23NO3. The van der Waals surface area contributed by atoms with E-state index in [0.717, 1.165) is 6.42 Å². The quantitative estimate of drug-likeness (QED) is 0.640. The van der Waals surface area contributed by atoms with Crippen LogP contribution < -0.4 is 0 Å². The van der Waals surface area contributed by atoms with Crippen LogP contribution in [0.2, 0.25) is 0 Å². The predicted molar refractivity (Wildman–Crippen MR) is 62.5 cm³/mol. The van der Waals surface area contributed by atoms with Crippen LogP contribution in [-0.2, 0) is 9.47 Å². The van der Waals surface area contributed by atoms with Crippen molar-refractivity contribution in [3.05, 3.63) is 0 Å². The molecule has 0 aromatic carbocycles. The maximum absolute atomic E-state index is 11.9. The maximum atomic E-state index is 11.9. The summed E-state index contributed by atoms with van der Waals surface area (Å²) in [6, 6.07) is 0. The molecule has 0 N–H and O–H groups in total. The second-order valence-electron chi connectivity index (χ2n) is 5.86. The summed E-state index contributed by atoms with van der Waals surface area (Å²) < 4.78 is 11.0.